The molecule has 1 N–H and O–H groups in total. The Morgan fingerprint density at radius 3 is 2.55 bits per heavy atom. The number of halogens is 1. The largest absolute Gasteiger partial charge is 0.488 e. The van der Waals surface area contributed by atoms with Gasteiger partial charge in [0, 0.05) is 6.20 Å². The normalized spacial score (nSPS) is 9.50. The maximum Gasteiger partial charge on any atom is 0.150 e. The van der Waals surface area contributed by atoms with E-state index >= 15 is 0 Å². The van der Waals surface area contributed by atoms with Crippen molar-refractivity contribution in [3.8, 4) is 17.9 Å². The van der Waals surface area contributed by atoms with Gasteiger partial charge in [0.05, 0.1) is 6.10 Å². The lowest BCUT2D eigenvalue weighted by Gasteiger charge is -2.18. The van der Waals surface area contributed by atoms with E-state index in [0.717, 1.165) is 19.0 Å². The van der Waals surface area contributed by atoms with Crippen molar-refractivity contribution in [2.24, 2.45) is 0 Å². The molecule has 0 radical (unpaired) electrons. The van der Waals surface area contributed by atoms with Crippen LogP contribution in [0.1, 0.15) is 26.7 Å². The molecule has 0 heterocycles. The van der Waals surface area contributed by atoms with Crippen molar-refractivity contribution in [2.75, 3.05) is 5.32 Å². The van der Waals surface area contributed by atoms with E-state index in [1.54, 1.807) is 24.3 Å². The molecule has 5 heteroatoms. The maximum absolute atomic E-state index is 13.8. The Kier molecular flexibility index (Phi) is 6.06. The second-order valence-corrected chi connectivity index (χ2v) is 4.10. The topological polar surface area (TPSA) is 68.8 Å². The minimum atomic E-state index is -0.500. The number of rotatable bonds is 6. The van der Waals surface area contributed by atoms with E-state index in [0.29, 0.717) is 5.75 Å². The number of hydrogen-bond donors (Lipinski definition) is 1. The van der Waals surface area contributed by atoms with Crippen molar-refractivity contribution in [1.82, 2.24) is 0 Å². The van der Waals surface area contributed by atoms with Gasteiger partial charge in [-0.25, -0.2) is 4.39 Å². The van der Waals surface area contributed by atoms with Crippen LogP contribution in [0.25, 0.3) is 0 Å². The summed E-state index contributed by atoms with van der Waals surface area (Å²) >= 11 is 0. The van der Waals surface area contributed by atoms with Gasteiger partial charge < -0.3 is 10.1 Å². The van der Waals surface area contributed by atoms with Crippen molar-refractivity contribution in [3.63, 3.8) is 0 Å². The zero-order valence-corrected chi connectivity index (χ0v) is 11.5. The van der Waals surface area contributed by atoms with E-state index in [1.807, 2.05) is 13.8 Å². The maximum atomic E-state index is 13.8. The van der Waals surface area contributed by atoms with Crippen LogP contribution in [-0.2, 0) is 0 Å². The van der Waals surface area contributed by atoms with Gasteiger partial charge in [-0.05, 0) is 25.0 Å². The molecular formula is C15H16FN3O. The summed E-state index contributed by atoms with van der Waals surface area (Å²) in [5.74, 6) is -0.134. The van der Waals surface area contributed by atoms with Gasteiger partial charge in [-0.2, -0.15) is 10.5 Å². The molecule has 1 rings (SSSR count). The van der Waals surface area contributed by atoms with E-state index < -0.39 is 5.82 Å². The van der Waals surface area contributed by atoms with Gasteiger partial charge in [-0.15, -0.1) is 0 Å². The number of nitrogens with one attached hydrogen (secondary N) is 1. The average molecular weight is 273 g/mol. The van der Waals surface area contributed by atoms with Crippen LogP contribution in [0.2, 0.25) is 0 Å². The zero-order chi connectivity index (χ0) is 15.0. The minimum Gasteiger partial charge on any atom is -0.488 e. The van der Waals surface area contributed by atoms with Crippen LogP contribution in [0, 0.1) is 28.5 Å². The molecule has 0 amide bonds. The number of anilines is 1. The highest BCUT2D eigenvalue weighted by atomic mass is 19.1. The summed E-state index contributed by atoms with van der Waals surface area (Å²) in [7, 11) is 0. The van der Waals surface area contributed by atoms with Crippen LogP contribution in [0.3, 0.4) is 0 Å². The molecule has 0 spiro atoms. The summed E-state index contributed by atoms with van der Waals surface area (Å²) in [5.41, 5.74) is -0.0101. The van der Waals surface area contributed by atoms with Crippen molar-refractivity contribution < 1.29 is 9.13 Å². The Hall–Kier alpha value is -2.53. The predicted octanol–water partition coefficient (Wildman–Crippen LogP) is 3.74. The highest BCUT2D eigenvalue weighted by Crippen LogP contribution is 2.29. The van der Waals surface area contributed by atoms with E-state index in [9.17, 15) is 4.39 Å². The molecule has 1 aromatic rings. The average Bonchev–Trinajstić information content (AvgIpc) is 2.47. The quantitative estimate of drug-likeness (QED) is 0.802. The molecule has 0 aliphatic rings. The molecule has 0 unspecified atom stereocenters. The third-order valence-corrected chi connectivity index (χ3v) is 2.78. The highest BCUT2D eigenvalue weighted by molar-refractivity contribution is 5.60. The molecule has 104 valence electrons. The van der Waals surface area contributed by atoms with Crippen LogP contribution in [0.15, 0.2) is 30.0 Å². The first-order valence-electron chi connectivity index (χ1n) is 6.38. The van der Waals surface area contributed by atoms with E-state index in [4.69, 9.17) is 15.3 Å². The summed E-state index contributed by atoms with van der Waals surface area (Å²) in [4.78, 5) is 0. The number of nitriles is 2. The SMILES string of the molecule is CCC(CC)Oc1cccc(F)c1NC=C(C#N)C#N. The van der Waals surface area contributed by atoms with Crippen LogP contribution >= 0.6 is 0 Å². The Bertz CT molecular complexity index is 549. The molecule has 0 aliphatic carbocycles. The lowest BCUT2D eigenvalue weighted by Crippen LogP contribution is -2.14. The van der Waals surface area contributed by atoms with E-state index in [1.165, 1.54) is 6.07 Å². The number of benzene rings is 1. The van der Waals surface area contributed by atoms with Gasteiger partial charge in [0.1, 0.15) is 35.0 Å². The Labute approximate surface area is 118 Å². The molecule has 0 saturated heterocycles. The molecule has 0 bridgehead atoms. The van der Waals surface area contributed by atoms with Gasteiger partial charge in [0.25, 0.3) is 0 Å². The fourth-order valence-electron chi connectivity index (χ4n) is 1.61. The Morgan fingerprint density at radius 2 is 2.00 bits per heavy atom. The van der Waals surface area contributed by atoms with Crippen LogP contribution in [0.5, 0.6) is 5.75 Å². The molecule has 0 aromatic heterocycles. The molecule has 0 saturated carbocycles. The van der Waals surface area contributed by atoms with E-state index in [-0.39, 0.29) is 17.4 Å². The first-order chi connectivity index (χ1) is 9.65. The molecule has 1 aromatic carbocycles. The zero-order valence-electron chi connectivity index (χ0n) is 11.5. The molecule has 0 aliphatic heterocycles. The van der Waals surface area contributed by atoms with Gasteiger partial charge in [0.2, 0.25) is 0 Å². The summed E-state index contributed by atoms with van der Waals surface area (Å²) < 4.78 is 19.6. The summed E-state index contributed by atoms with van der Waals surface area (Å²) in [6, 6.07) is 7.88. The fraction of sp³-hybridized carbons (Fsp3) is 0.333. The van der Waals surface area contributed by atoms with Gasteiger partial charge in [-0.3, -0.25) is 0 Å². The standard InChI is InChI=1S/C15H16FN3O/c1-3-12(4-2)20-14-7-5-6-13(16)15(14)19-10-11(8-17)9-18/h5-7,10,12,19H,3-4H2,1-2H3. The van der Waals surface area contributed by atoms with Crippen molar-refractivity contribution in [2.45, 2.75) is 32.8 Å². The van der Waals surface area contributed by atoms with Crippen molar-refractivity contribution in [3.05, 3.63) is 35.8 Å². The molecular weight excluding hydrogens is 257 g/mol. The molecule has 4 nitrogen and oxygen atoms in total. The summed E-state index contributed by atoms with van der Waals surface area (Å²) in [6.07, 6.45) is 2.78. The highest BCUT2D eigenvalue weighted by Gasteiger charge is 2.12. The van der Waals surface area contributed by atoms with Crippen LogP contribution in [-0.4, -0.2) is 6.10 Å². The first-order valence-corrected chi connectivity index (χ1v) is 6.38. The first kappa shape index (κ1) is 15.5. The number of allylic oxidation sites excluding steroid dienone is 1. The Morgan fingerprint density at radius 1 is 1.35 bits per heavy atom. The third-order valence-electron chi connectivity index (χ3n) is 2.78. The number of nitrogens with zero attached hydrogens (tertiary/aromatic N) is 2. The summed E-state index contributed by atoms with van der Waals surface area (Å²) in [6.45, 7) is 3.98. The molecule has 20 heavy (non-hydrogen) atoms. The van der Waals surface area contributed by atoms with Crippen LogP contribution < -0.4 is 10.1 Å². The third kappa shape index (κ3) is 4.00. The number of para-hydroxylation sites is 1. The smallest absolute Gasteiger partial charge is 0.150 e. The van der Waals surface area contributed by atoms with Gasteiger partial charge in [0.15, 0.2) is 0 Å². The second-order valence-electron chi connectivity index (χ2n) is 4.10. The lowest BCUT2D eigenvalue weighted by molar-refractivity contribution is 0.193. The minimum absolute atomic E-state index is 0.00673. The lowest BCUT2D eigenvalue weighted by atomic mass is 10.2. The monoisotopic (exact) mass is 273 g/mol. The molecule has 0 atom stereocenters. The van der Waals surface area contributed by atoms with Crippen molar-refractivity contribution in [1.29, 1.82) is 10.5 Å². The summed E-state index contributed by atoms with van der Waals surface area (Å²) in [5, 5.41) is 19.9. The fourth-order valence-corrected chi connectivity index (χ4v) is 1.61. The number of ether oxygens (including phenoxy) is 1. The predicted molar refractivity (Wildman–Crippen MR) is 74.3 cm³/mol. The second kappa shape index (κ2) is 7.81. The van der Waals surface area contributed by atoms with Gasteiger partial charge >= 0.3 is 0 Å². The Balaban J connectivity index is 3.03. The van der Waals surface area contributed by atoms with Crippen molar-refractivity contribution >= 4 is 5.69 Å². The number of hydrogen-bond acceptors (Lipinski definition) is 4. The molecule has 0 fully saturated rings. The van der Waals surface area contributed by atoms with Gasteiger partial charge in [-0.1, -0.05) is 19.9 Å². The van der Waals surface area contributed by atoms with Crippen LogP contribution in [0.4, 0.5) is 10.1 Å². The van der Waals surface area contributed by atoms with E-state index in [2.05, 4.69) is 5.32 Å².